The van der Waals surface area contributed by atoms with Crippen LogP contribution >= 0.6 is 11.6 Å². The van der Waals surface area contributed by atoms with Gasteiger partial charge in [-0.25, -0.2) is 4.98 Å². The number of nitrogens with zero attached hydrogens (tertiary/aromatic N) is 2. The number of fused-ring (bicyclic) bond motifs is 1. The van der Waals surface area contributed by atoms with Gasteiger partial charge in [-0.05, 0) is 49.2 Å². The molecule has 1 N–H and O–H groups in total. The Labute approximate surface area is 158 Å². The molecule has 3 nitrogen and oxygen atoms in total. The van der Waals surface area contributed by atoms with Crippen molar-refractivity contribution in [3.63, 3.8) is 0 Å². The maximum atomic E-state index is 6.22. The minimum atomic E-state index is 0.710. The molecule has 0 aliphatic rings. The molecular weight excluding hydrogens is 342 g/mol. The van der Waals surface area contributed by atoms with Crippen molar-refractivity contribution in [1.29, 1.82) is 0 Å². The molecule has 0 saturated heterocycles. The summed E-state index contributed by atoms with van der Waals surface area (Å²) in [6.45, 7) is 4.93. The Morgan fingerprint density at radius 1 is 0.962 bits per heavy atom. The van der Waals surface area contributed by atoms with Crippen LogP contribution in [0.2, 0.25) is 5.02 Å². The molecule has 4 aromatic rings. The van der Waals surface area contributed by atoms with Gasteiger partial charge in [0.05, 0.1) is 0 Å². The minimum absolute atomic E-state index is 0.710. The van der Waals surface area contributed by atoms with Crippen LogP contribution in [0.25, 0.3) is 16.9 Å². The maximum Gasteiger partial charge on any atom is 0.139 e. The lowest BCUT2D eigenvalue weighted by atomic mass is 10.1. The Morgan fingerprint density at radius 3 is 2.54 bits per heavy atom. The first-order valence-corrected chi connectivity index (χ1v) is 9.03. The van der Waals surface area contributed by atoms with E-state index in [4.69, 9.17) is 16.6 Å². The second-order valence-corrected chi connectivity index (χ2v) is 6.96. The molecule has 0 bridgehead atoms. The number of aromatic nitrogens is 2. The molecule has 2 aromatic carbocycles. The minimum Gasteiger partial charge on any atom is -0.365 e. The van der Waals surface area contributed by atoms with E-state index in [1.165, 1.54) is 11.1 Å². The number of hydrogen-bond donors (Lipinski definition) is 1. The van der Waals surface area contributed by atoms with Gasteiger partial charge < -0.3 is 5.32 Å². The lowest BCUT2D eigenvalue weighted by Gasteiger charge is -2.11. The van der Waals surface area contributed by atoms with E-state index in [1.807, 2.05) is 30.3 Å². The second kappa shape index (κ2) is 6.85. The molecule has 0 atom stereocenters. The van der Waals surface area contributed by atoms with Crippen molar-refractivity contribution in [1.82, 2.24) is 9.38 Å². The van der Waals surface area contributed by atoms with Crippen molar-refractivity contribution in [2.75, 3.05) is 5.32 Å². The molecule has 0 aliphatic carbocycles. The van der Waals surface area contributed by atoms with Gasteiger partial charge >= 0.3 is 0 Å². The Hall–Kier alpha value is -2.78. The third-order valence-corrected chi connectivity index (χ3v) is 4.69. The number of nitrogens with one attached hydrogen (secondary N) is 1. The third kappa shape index (κ3) is 3.18. The zero-order valence-electron chi connectivity index (χ0n) is 14.8. The summed E-state index contributed by atoms with van der Waals surface area (Å²) < 4.78 is 2.17. The highest BCUT2D eigenvalue weighted by molar-refractivity contribution is 6.30. The summed E-state index contributed by atoms with van der Waals surface area (Å²) in [4.78, 5) is 4.90. The monoisotopic (exact) mass is 361 g/mol. The summed E-state index contributed by atoms with van der Waals surface area (Å²) in [7, 11) is 0. The highest BCUT2D eigenvalue weighted by atomic mass is 35.5. The summed E-state index contributed by atoms with van der Waals surface area (Å²) in [6.07, 6.45) is 0. The van der Waals surface area contributed by atoms with E-state index in [9.17, 15) is 0 Å². The first kappa shape index (κ1) is 16.7. The van der Waals surface area contributed by atoms with Gasteiger partial charge in [0.2, 0.25) is 0 Å². The fraction of sp³-hybridized carbons (Fsp3) is 0.136. The molecule has 4 heteroatoms. The molecule has 0 unspecified atom stereocenters. The quantitative estimate of drug-likeness (QED) is 0.491. The number of rotatable bonds is 4. The van der Waals surface area contributed by atoms with E-state index < -0.39 is 0 Å². The Balaban J connectivity index is 1.85. The smallest absolute Gasteiger partial charge is 0.139 e. The van der Waals surface area contributed by atoms with Gasteiger partial charge in [-0.3, -0.25) is 4.40 Å². The fourth-order valence-corrected chi connectivity index (χ4v) is 3.50. The number of imidazole rings is 1. The largest absolute Gasteiger partial charge is 0.365 e. The zero-order chi connectivity index (χ0) is 18.1. The van der Waals surface area contributed by atoms with E-state index in [2.05, 4.69) is 60.0 Å². The van der Waals surface area contributed by atoms with Crippen LogP contribution in [0, 0.1) is 13.8 Å². The summed E-state index contributed by atoms with van der Waals surface area (Å²) >= 11 is 6.22. The van der Waals surface area contributed by atoms with Crippen molar-refractivity contribution in [3.8, 4) is 11.3 Å². The first-order chi connectivity index (χ1) is 12.6. The summed E-state index contributed by atoms with van der Waals surface area (Å²) in [5.41, 5.74) is 6.44. The van der Waals surface area contributed by atoms with Crippen LogP contribution in [0.3, 0.4) is 0 Å². The maximum absolute atomic E-state index is 6.22. The van der Waals surface area contributed by atoms with Crippen molar-refractivity contribution >= 4 is 23.1 Å². The number of hydrogen-bond acceptors (Lipinski definition) is 2. The van der Waals surface area contributed by atoms with Crippen LogP contribution in [0.15, 0.2) is 66.7 Å². The zero-order valence-corrected chi connectivity index (χ0v) is 15.6. The van der Waals surface area contributed by atoms with E-state index in [-0.39, 0.29) is 0 Å². The predicted octanol–water partition coefficient (Wildman–Crippen LogP) is 5.88. The van der Waals surface area contributed by atoms with Crippen molar-refractivity contribution in [2.45, 2.75) is 20.4 Å². The lowest BCUT2D eigenvalue weighted by Crippen LogP contribution is -2.05. The molecule has 0 fully saturated rings. The van der Waals surface area contributed by atoms with Crippen LogP contribution in [0.1, 0.15) is 16.8 Å². The van der Waals surface area contributed by atoms with Crippen molar-refractivity contribution in [3.05, 3.63) is 88.6 Å². The van der Waals surface area contributed by atoms with Crippen LogP contribution < -0.4 is 5.32 Å². The summed E-state index contributed by atoms with van der Waals surface area (Å²) in [5, 5.41) is 4.30. The molecule has 0 radical (unpaired) electrons. The number of pyridine rings is 1. The van der Waals surface area contributed by atoms with Gasteiger partial charge in [0, 0.05) is 22.8 Å². The van der Waals surface area contributed by atoms with Gasteiger partial charge in [-0.1, -0.05) is 54.1 Å². The van der Waals surface area contributed by atoms with E-state index >= 15 is 0 Å². The molecular formula is C22H20ClN3. The SMILES string of the molecule is Cc1cc(C)n2c(NCc3ccccc3)c(-c3cccc(Cl)c3)nc2c1. The van der Waals surface area contributed by atoms with Gasteiger partial charge in [0.15, 0.2) is 0 Å². The molecule has 0 aliphatic heterocycles. The van der Waals surface area contributed by atoms with Gasteiger partial charge in [0.25, 0.3) is 0 Å². The van der Waals surface area contributed by atoms with Crippen LogP contribution in [0.4, 0.5) is 5.82 Å². The number of anilines is 1. The topological polar surface area (TPSA) is 29.3 Å². The second-order valence-electron chi connectivity index (χ2n) is 6.53. The summed E-state index contributed by atoms with van der Waals surface area (Å²) in [6, 6.07) is 22.5. The summed E-state index contributed by atoms with van der Waals surface area (Å²) in [5.74, 6) is 0.989. The number of aryl methyl sites for hydroxylation is 2. The molecule has 0 amide bonds. The molecule has 2 heterocycles. The van der Waals surface area contributed by atoms with Crippen LogP contribution in [-0.2, 0) is 6.54 Å². The van der Waals surface area contributed by atoms with Gasteiger partial charge in [-0.15, -0.1) is 0 Å². The molecule has 2 aromatic heterocycles. The average molecular weight is 362 g/mol. The third-order valence-electron chi connectivity index (χ3n) is 4.45. The molecule has 26 heavy (non-hydrogen) atoms. The Bertz CT molecular complexity index is 1070. The molecule has 0 spiro atoms. The van der Waals surface area contributed by atoms with Gasteiger partial charge in [0.1, 0.15) is 17.2 Å². The normalized spacial score (nSPS) is 11.0. The number of halogens is 1. The fourth-order valence-electron chi connectivity index (χ4n) is 3.31. The first-order valence-electron chi connectivity index (χ1n) is 8.65. The highest BCUT2D eigenvalue weighted by Gasteiger charge is 2.16. The van der Waals surface area contributed by atoms with Crippen LogP contribution in [-0.4, -0.2) is 9.38 Å². The van der Waals surface area contributed by atoms with E-state index in [0.29, 0.717) is 5.02 Å². The van der Waals surface area contributed by atoms with Crippen molar-refractivity contribution < 1.29 is 0 Å². The Kier molecular flexibility index (Phi) is 4.39. The predicted molar refractivity (Wildman–Crippen MR) is 109 cm³/mol. The van der Waals surface area contributed by atoms with Gasteiger partial charge in [-0.2, -0.15) is 0 Å². The molecule has 4 rings (SSSR count). The van der Waals surface area contributed by atoms with E-state index in [1.54, 1.807) is 0 Å². The standard InChI is InChI=1S/C22H20ClN3/c1-15-11-16(2)26-20(12-15)25-21(18-9-6-10-19(23)13-18)22(26)24-14-17-7-4-3-5-8-17/h3-13,24H,14H2,1-2H3. The Morgan fingerprint density at radius 2 is 1.77 bits per heavy atom. The lowest BCUT2D eigenvalue weighted by molar-refractivity contribution is 1.04. The van der Waals surface area contributed by atoms with Crippen LogP contribution in [0.5, 0.6) is 0 Å². The molecule has 0 saturated carbocycles. The van der Waals surface area contributed by atoms with Crippen molar-refractivity contribution in [2.24, 2.45) is 0 Å². The number of benzene rings is 2. The average Bonchev–Trinajstić information content (AvgIpc) is 2.99. The highest BCUT2D eigenvalue weighted by Crippen LogP contribution is 2.32. The molecule has 130 valence electrons. The van der Waals surface area contributed by atoms with E-state index in [0.717, 1.165) is 35.0 Å².